The summed E-state index contributed by atoms with van der Waals surface area (Å²) in [5, 5.41) is 0. The number of carbonyl (C=O) groups is 1. The molecule has 2 heterocycles. The van der Waals surface area contributed by atoms with Crippen LogP contribution in [0.15, 0.2) is 30.3 Å². The summed E-state index contributed by atoms with van der Waals surface area (Å²) in [6.07, 6.45) is 4.67. The van der Waals surface area contributed by atoms with Gasteiger partial charge in [-0.1, -0.05) is 31.2 Å². The number of aryl methyl sites for hydroxylation is 2. The second kappa shape index (κ2) is 7.61. The molecule has 1 amide bonds. The van der Waals surface area contributed by atoms with E-state index < -0.39 is 10.0 Å². The number of carbonyl (C=O) groups excluding carboxylic acids is 1. The molecule has 2 aromatic rings. The van der Waals surface area contributed by atoms with Crippen LogP contribution in [-0.4, -0.2) is 55.5 Å². The van der Waals surface area contributed by atoms with Crippen molar-refractivity contribution in [2.45, 2.75) is 38.6 Å². The topological polar surface area (TPSA) is 57.7 Å². The summed E-state index contributed by atoms with van der Waals surface area (Å²) in [5.74, 6) is 0.0812. The molecule has 1 aromatic heterocycles. The highest BCUT2D eigenvalue weighted by atomic mass is 32.2. The largest absolute Gasteiger partial charge is 0.338 e. The SMILES string of the molecule is CCN(C1CCN(C(=O)c2cc3c(s2)-c2ccccc2CC3)CC1)S(C)(=O)=O. The third-order valence-corrected chi connectivity index (χ3v) is 8.45. The molecule has 0 atom stereocenters. The summed E-state index contributed by atoms with van der Waals surface area (Å²) in [4.78, 5) is 17.0. The molecule has 1 aromatic carbocycles. The van der Waals surface area contributed by atoms with E-state index in [1.165, 1.54) is 27.8 Å². The number of thiophene rings is 1. The van der Waals surface area contributed by atoms with E-state index in [0.29, 0.717) is 32.5 Å². The lowest BCUT2D eigenvalue weighted by molar-refractivity contribution is 0.0685. The number of rotatable bonds is 4. The summed E-state index contributed by atoms with van der Waals surface area (Å²) in [5.41, 5.74) is 3.89. The Morgan fingerprint density at radius 2 is 1.86 bits per heavy atom. The Hall–Kier alpha value is -1.70. The predicted molar refractivity (Wildman–Crippen MR) is 113 cm³/mol. The summed E-state index contributed by atoms with van der Waals surface area (Å²) >= 11 is 1.60. The fraction of sp³-hybridized carbons (Fsp3) is 0.476. The quantitative estimate of drug-likeness (QED) is 0.765. The van der Waals surface area contributed by atoms with Crippen LogP contribution in [0.2, 0.25) is 0 Å². The second-order valence-electron chi connectivity index (χ2n) is 7.61. The van der Waals surface area contributed by atoms with Gasteiger partial charge in [-0.25, -0.2) is 8.42 Å². The van der Waals surface area contributed by atoms with Gasteiger partial charge in [-0.05, 0) is 48.4 Å². The number of nitrogens with zero attached hydrogens (tertiary/aromatic N) is 2. The lowest BCUT2D eigenvalue weighted by atomic mass is 9.91. The highest BCUT2D eigenvalue weighted by molar-refractivity contribution is 7.88. The lowest BCUT2D eigenvalue weighted by Gasteiger charge is -2.36. The molecule has 0 bridgehead atoms. The van der Waals surface area contributed by atoms with Gasteiger partial charge in [-0.3, -0.25) is 4.79 Å². The van der Waals surface area contributed by atoms with E-state index in [2.05, 4.69) is 30.3 Å². The molecule has 5 nitrogen and oxygen atoms in total. The van der Waals surface area contributed by atoms with Gasteiger partial charge in [0.25, 0.3) is 5.91 Å². The molecule has 0 N–H and O–H groups in total. The normalized spacial score (nSPS) is 17.5. The van der Waals surface area contributed by atoms with Gasteiger partial charge >= 0.3 is 0 Å². The Labute approximate surface area is 171 Å². The van der Waals surface area contributed by atoms with Gasteiger partial charge < -0.3 is 4.90 Å². The standard InChI is InChI=1S/C21H26N2O3S2/c1-3-23(28(2,25)26)17-10-12-22(13-11-17)21(24)19-14-16-9-8-15-6-4-5-7-18(15)20(16)27-19/h4-7,14,17H,3,8-13H2,1-2H3. The van der Waals surface area contributed by atoms with Crippen molar-refractivity contribution in [3.8, 4) is 10.4 Å². The molecule has 0 saturated carbocycles. The van der Waals surface area contributed by atoms with Crippen LogP contribution in [-0.2, 0) is 22.9 Å². The summed E-state index contributed by atoms with van der Waals surface area (Å²) in [6.45, 7) is 3.56. The molecule has 1 aliphatic carbocycles. The van der Waals surface area contributed by atoms with Gasteiger partial charge in [-0.2, -0.15) is 4.31 Å². The first-order chi connectivity index (χ1) is 13.4. The van der Waals surface area contributed by atoms with Crippen molar-refractivity contribution in [2.24, 2.45) is 0 Å². The first-order valence-electron chi connectivity index (χ1n) is 9.85. The fourth-order valence-corrected chi connectivity index (χ4v) is 6.91. The molecule has 2 aliphatic rings. The number of likely N-dealkylation sites (tertiary alicyclic amines) is 1. The smallest absolute Gasteiger partial charge is 0.263 e. The van der Waals surface area contributed by atoms with Crippen LogP contribution in [0.4, 0.5) is 0 Å². The van der Waals surface area contributed by atoms with Gasteiger partial charge in [0.2, 0.25) is 10.0 Å². The third kappa shape index (κ3) is 3.63. The van der Waals surface area contributed by atoms with Crippen LogP contribution in [0.25, 0.3) is 10.4 Å². The van der Waals surface area contributed by atoms with Crippen molar-refractivity contribution in [2.75, 3.05) is 25.9 Å². The minimum Gasteiger partial charge on any atom is -0.338 e. The maximum atomic E-state index is 13.1. The molecular weight excluding hydrogens is 392 g/mol. The Bertz CT molecular complexity index is 989. The molecular formula is C21H26N2O3S2. The second-order valence-corrected chi connectivity index (χ2v) is 10.6. The van der Waals surface area contributed by atoms with Gasteiger partial charge in [0.15, 0.2) is 0 Å². The fourth-order valence-electron chi connectivity index (χ4n) is 4.45. The van der Waals surface area contributed by atoms with E-state index >= 15 is 0 Å². The summed E-state index contributed by atoms with van der Waals surface area (Å²) < 4.78 is 25.5. The highest BCUT2D eigenvalue weighted by Gasteiger charge is 2.32. The van der Waals surface area contributed by atoms with E-state index in [1.54, 1.807) is 15.6 Å². The first kappa shape index (κ1) is 19.6. The zero-order chi connectivity index (χ0) is 19.9. The Morgan fingerprint density at radius 1 is 1.18 bits per heavy atom. The Balaban J connectivity index is 1.48. The van der Waals surface area contributed by atoms with Crippen LogP contribution >= 0.6 is 11.3 Å². The van der Waals surface area contributed by atoms with E-state index in [1.807, 2.05) is 11.8 Å². The monoisotopic (exact) mass is 418 g/mol. The Kier molecular flexibility index (Phi) is 5.33. The van der Waals surface area contributed by atoms with E-state index in [0.717, 1.165) is 17.7 Å². The van der Waals surface area contributed by atoms with Crippen molar-refractivity contribution in [1.29, 1.82) is 0 Å². The van der Waals surface area contributed by atoms with Crippen LogP contribution in [0, 0.1) is 0 Å². The number of piperidine rings is 1. The number of hydrogen-bond donors (Lipinski definition) is 0. The lowest BCUT2D eigenvalue weighted by Crippen LogP contribution is -2.48. The Morgan fingerprint density at radius 3 is 2.54 bits per heavy atom. The van der Waals surface area contributed by atoms with Gasteiger partial charge in [0.1, 0.15) is 0 Å². The molecule has 0 spiro atoms. The molecule has 28 heavy (non-hydrogen) atoms. The number of sulfonamides is 1. The molecule has 0 unspecified atom stereocenters. The van der Waals surface area contributed by atoms with E-state index in [4.69, 9.17) is 0 Å². The number of hydrogen-bond acceptors (Lipinski definition) is 4. The maximum Gasteiger partial charge on any atom is 0.263 e. The van der Waals surface area contributed by atoms with Crippen molar-refractivity contribution >= 4 is 27.3 Å². The van der Waals surface area contributed by atoms with Gasteiger partial charge in [0.05, 0.1) is 11.1 Å². The molecule has 1 fully saturated rings. The third-order valence-electron chi connectivity index (χ3n) is 5.84. The molecule has 0 radical (unpaired) electrons. The average molecular weight is 419 g/mol. The molecule has 1 saturated heterocycles. The average Bonchev–Trinajstić information content (AvgIpc) is 3.12. The summed E-state index contributed by atoms with van der Waals surface area (Å²) in [7, 11) is -3.20. The van der Waals surface area contributed by atoms with Gasteiger partial charge in [-0.15, -0.1) is 11.3 Å². The first-order valence-corrected chi connectivity index (χ1v) is 12.5. The molecule has 1 aliphatic heterocycles. The van der Waals surface area contributed by atoms with Gasteiger partial charge in [0, 0.05) is 30.6 Å². The van der Waals surface area contributed by atoms with Crippen LogP contribution in [0.1, 0.15) is 40.6 Å². The number of benzene rings is 1. The van der Waals surface area contributed by atoms with Crippen LogP contribution in [0.3, 0.4) is 0 Å². The maximum absolute atomic E-state index is 13.1. The van der Waals surface area contributed by atoms with Crippen LogP contribution < -0.4 is 0 Å². The van der Waals surface area contributed by atoms with Crippen LogP contribution in [0.5, 0.6) is 0 Å². The molecule has 7 heteroatoms. The number of amides is 1. The molecule has 150 valence electrons. The van der Waals surface area contributed by atoms with E-state index in [9.17, 15) is 13.2 Å². The zero-order valence-electron chi connectivity index (χ0n) is 16.3. The zero-order valence-corrected chi connectivity index (χ0v) is 18.0. The minimum atomic E-state index is -3.20. The number of fused-ring (bicyclic) bond motifs is 3. The van der Waals surface area contributed by atoms with E-state index in [-0.39, 0.29) is 11.9 Å². The highest BCUT2D eigenvalue weighted by Crippen LogP contribution is 2.40. The van der Waals surface area contributed by atoms with Crippen molar-refractivity contribution in [3.05, 3.63) is 46.3 Å². The predicted octanol–water partition coefficient (Wildman–Crippen LogP) is 3.40. The summed E-state index contributed by atoms with van der Waals surface area (Å²) in [6, 6.07) is 10.5. The molecule has 4 rings (SSSR count). The van der Waals surface area contributed by atoms with Crippen molar-refractivity contribution in [3.63, 3.8) is 0 Å². The van der Waals surface area contributed by atoms with Crippen molar-refractivity contribution < 1.29 is 13.2 Å². The minimum absolute atomic E-state index is 0.00697. The van der Waals surface area contributed by atoms with Crippen molar-refractivity contribution in [1.82, 2.24) is 9.21 Å².